The number of hydrogen-bond acceptors (Lipinski definition) is 4. The molecule has 9 heteroatoms. The van der Waals surface area contributed by atoms with Crippen molar-refractivity contribution in [3.63, 3.8) is 0 Å². The zero-order chi connectivity index (χ0) is 20.5. The standard InChI is InChI=1S/C19H13Cl2FN2O3S/c20-11-5-8-18(14(9-11)19(25)13-3-1-2-4-16(13)22)24-28(26,27)12-6-7-17(23)15(21)10-12/h1-10,24H,23H2. The first kappa shape index (κ1) is 20.1. The molecule has 0 fully saturated rings. The quantitative estimate of drug-likeness (QED) is 0.444. The molecule has 0 aromatic heterocycles. The van der Waals surface area contributed by atoms with Crippen molar-refractivity contribution in [2.24, 2.45) is 0 Å². The molecule has 0 spiro atoms. The molecule has 0 aliphatic carbocycles. The molecule has 0 saturated heterocycles. The van der Waals surface area contributed by atoms with Crippen LogP contribution < -0.4 is 10.5 Å². The highest BCUT2D eigenvalue weighted by atomic mass is 35.5. The van der Waals surface area contributed by atoms with E-state index < -0.39 is 21.6 Å². The summed E-state index contributed by atoms with van der Waals surface area (Å²) in [5, 5.41) is 0.264. The number of rotatable bonds is 5. The van der Waals surface area contributed by atoms with E-state index >= 15 is 0 Å². The fourth-order valence-electron chi connectivity index (χ4n) is 2.46. The lowest BCUT2D eigenvalue weighted by molar-refractivity contribution is 0.103. The topological polar surface area (TPSA) is 89.3 Å². The van der Waals surface area contributed by atoms with Gasteiger partial charge in [0.1, 0.15) is 5.82 Å². The minimum atomic E-state index is -4.09. The second-order valence-electron chi connectivity index (χ2n) is 5.79. The number of nitrogens with one attached hydrogen (secondary N) is 1. The molecule has 0 saturated carbocycles. The van der Waals surface area contributed by atoms with Crippen molar-refractivity contribution in [2.75, 3.05) is 10.5 Å². The van der Waals surface area contributed by atoms with Crippen molar-refractivity contribution in [2.45, 2.75) is 4.90 Å². The molecule has 144 valence electrons. The molecule has 3 rings (SSSR count). The number of nitrogens with two attached hydrogens (primary N) is 1. The third-order valence-electron chi connectivity index (χ3n) is 3.87. The number of carbonyl (C=O) groups is 1. The largest absolute Gasteiger partial charge is 0.398 e. The van der Waals surface area contributed by atoms with Gasteiger partial charge in [-0.25, -0.2) is 12.8 Å². The van der Waals surface area contributed by atoms with Crippen LogP contribution >= 0.6 is 23.2 Å². The first-order valence-corrected chi connectivity index (χ1v) is 10.1. The SMILES string of the molecule is Nc1ccc(S(=O)(=O)Nc2ccc(Cl)cc2C(=O)c2ccccc2F)cc1Cl. The molecule has 0 amide bonds. The van der Waals surface area contributed by atoms with Gasteiger partial charge in [0.25, 0.3) is 10.0 Å². The molecule has 3 N–H and O–H groups in total. The Bertz CT molecular complexity index is 1180. The molecule has 3 aromatic rings. The van der Waals surface area contributed by atoms with E-state index in [1.54, 1.807) is 0 Å². The Kier molecular flexibility index (Phi) is 5.60. The molecule has 3 aromatic carbocycles. The van der Waals surface area contributed by atoms with Gasteiger partial charge >= 0.3 is 0 Å². The zero-order valence-corrected chi connectivity index (χ0v) is 16.4. The van der Waals surface area contributed by atoms with Gasteiger partial charge in [-0.15, -0.1) is 0 Å². The lowest BCUT2D eigenvalue weighted by Crippen LogP contribution is -2.16. The number of anilines is 2. The summed E-state index contributed by atoms with van der Waals surface area (Å²) in [5.74, 6) is -1.44. The second kappa shape index (κ2) is 7.79. The van der Waals surface area contributed by atoms with Crippen LogP contribution in [0.5, 0.6) is 0 Å². The Balaban J connectivity index is 2.05. The molecule has 5 nitrogen and oxygen atoms in total. The van der Waals surface area contributed by atoms with E-state index in [9.17, 15) is 17.6 Å². The molecule has 0 aliphatic rings. The van der Waals surface area contributed by atoms with Crippen molar-refractivity contribution < 1.29 is 17.6 Å². The number of ketones is 1. The van der Waals surface area contributed by atoms with Crippen LogP contribution in [0.25, 0.3) is 0 Å². The van der Waals surface area contributed by atoms with E-state index in [0.29, 0.717) is 0 Å². The summed E-state index contributed by atoms with van der Waals surface area (Å²) in [5.41, 5.74) is 5.47. The average molecular weight is 439 g/mol. The molecule has 0 heterocycles. The van der Waals surface area contributed by atoms with Gasteiger partial charge in [0.05, 0.1) is 26.9 Å². The second-order valence-corrected chi connectivity index (χ2v) is 8.31. The minimum Gasteiger partial charge on any atom is -0.398 e. The fraction of sp³-hybridized carbons (Fsp3) is 0. The molecule has 28 heavy (non-hydrogen) atoms. The lowest BCUT2D eigenvalue weighted by atomic mass is 10.0. The molecule has 0 atom stereocenters. The molecule has 0 unspecified atom stereocenters. The molecule has 0 radical (unpaired) electrons. The summed E-state index contributed by atoms with van der Waals surface area (Å²) in [6.07, 6.45) is 0. The van der Waals surface area contributed by atoms with Crippen LogP contribution in [0.1, 0.15) is 15.9 Å². The first-order chi connectivity index (χ1) is 13.2. The van der Waals surface area contributed by atoms with Crippen LogP contribution in [-0.4, -0.2) is 14.2 Å². The molecule has 0 bridgehead atoms. The van der Waals surface area contributed by atoms with Gasteiger partial charge in [-0.05, 0) is 48.5 Å². The van der Waals surface area contributed by atoms with Gasteiger partial charge in [-0.2, -0.15) is 0 Å². The Morgan fingerprint density at radius 3 is 2.36 bits per heavy atom. The van der Waals surface area contributed by atoms with E-state index in [2.05, 4.69) is 4.72 Å². The third kappa shape index (κ3) is 4.11. The van der Waals surface area contributed by atoms with Gasteiger partial charge < -0.3 is 5.73 Å². The first-order valence-electron chi connectivity index (χ1n) is 7.85. The number of nitrogen functional groups attached to an aromatic ring is 1. The van der Waals surface area contributed by atoms with Crippen LogP contribution in [-0.2, 0) is 10.0 Å². The van der Waals surface area contributed by atoms with Crippen LogP contribution in [0.3, 0.4) is 0 Å². The predicted molar refractivity (Wildman–Crippen MR) is 108 cm³/mol. The van der Waals surface area contributed by atoms with Gasteiger partial charge in [-0.3, -0.25) is 9.52 Å². The van der Waals surface area contributed by atoms with Crippen LogP contribution in [0, 0.1) is 5.82 Å². The highest BCUT2D eigenvalue weighted by molar-refractivity contribution is 7.92. The van der Waals surface area contributed by atoms with E-state index in [-0.39, 0.29) is 37.4 Å². The highest BCUT2D eigenvalue weighted by Gasteiger charge is 2.22. The normalized spacial score (nSPS) is 11.2. The number of benzene rings is 3. The summed E-state index contributed by atoms with van der Waals surface area (Å²) in [6, 6.07) is 13.2. The van der Waals surface area contributed by atoms with Crippen LogP contribution in [0.15, 0.2) is 65.6 Å². The van der Waals surface area contributed by atoms with Crippen molar-refractivity contribution in [3.8, 4) is 0 Å². The maximum absolute atomic E-state index is 14.0. The monoisotopic (exact) mass is 438 g/mol. The number of sulfonamides is 1. The number of carbonyl (C=O) groups excluding carboxylic acids is 1. The predicted octanol–water partition coefficient (Wildman–Crippen LogP) is 4.75. The third-order valence-corrected chi connectivity index (χ3v) is 5.80. The van der Waals surface area contributed by atoms with Gasteiger partial charge in [0.2, 0.25) is 0 Å². The maximum atomic E-state index is 14.0. The van der Waals surface area contributed by atoms with Crippen molar-refractivity contribution in [1.29, 1.82) is 0 Å². The van der Waals surface area contributed by atoms with Crippen molar-refractivity contribution in [1.82, 2.24) is 0 Å². The molecule has 0 aliphatic heterocycles. The Hall–Kier alpha value is -2.61. The van der Waals surface area contributed by atoms with E-state index in [1.807, 2.05) is 0 Å². The smallest absolute Gasteiger partial charge is 0.261 e. The highest BCUT2D eigenvalue weighted by Crippen LogP contribution is 2.28. The van der Waals surface area contributed by atoms with Gasteiger partial charge in [0, 0.05) is 10.6 Å². The average Bonchev–Trinajstić information content (AvgIpc) is 2.65. The number of halogens is 3. The Morgan fingerprint density at radius 1 is 0.964 bits per heavy atom. The lowest BCUT2D eigenvalue weighted by Gasteiger charge is -2.13. The van der Waals surface area contributed by atoms with Crippen molar-refractivity contribution >= 4 is 50.4 Å². The summed E-state index contributed by atoms with van der Waals surface area (Å²) in [6.45, 7) is 0. The summed E-state index contributed by atoms with van der Waals surface area (Å²) < 4.78 is 41.7. The zero-order valence-electron chi connectivity index (χ0n) is 14.1. The minimum absolute atomic E-state index is 0.0504. The maximum Gasteiger partial charge on any atom is 0.261 e. The number of hydrogen-bond donors (Lipinski definition) is 2. The summed E-state index contributed by atoms with van der Waals surface area (Å²) in [4.78, 5) is 12.6. The fourth-order valence-corrected chi connectivity index (χ4v) is 3.99. The van der Waals surface area contributed by atoms with Gasteiger partial charge in [0.15, 0.2) is 5.78 Å². The summed E-state index contributed by atoms with van der Waals surface area (Å²) in [7, 11) is -4.09. The van der Waals surface area contributed by atoms with Gasteiger partial charge in [-0.1, -0.05) is 35.3 Å². The Labute approximate surface area is 170 Å². The van der Waals surface area contributed by atoms with Crippen LogP contribution in [0.4, 0.5) is 15.8 Å². The van der Waals surface area contributed by atoms with E-state index in [0.717, 1.165) is 6.07 Å². The van der Waals surface area contributed by atoms with E-state index in [1.165, 1.54) is 54.6 Å². The summed E-state index contributed by atoms with van der Waals surface area (Å²) >= 11 is 11.9. The molecular formula is C19H13Cl2FN2O3S. The van der Waals surface area contributed by atoms with Crippen molar-refractivity contribution in [3.05, 3.63) is 87.7 Å². The Morgan fingerprint density at radius 2 is 1.68 bits per heavy atom. The molecular weight excluding hydrogens is 426 g/mol. The van der Waals surface area contributed by atoms with Crippen LogP contribution in [0.2, 0.25) is 10.0 Å². The van der Waals surface area contributed by atoms with E-state index in [4.69, 9.17) is 28.9 Å².